The first-order valence-corrected chi connectivity index (χ1v) is 6.43. The van der Waals surface area contributed by atoms with E-state index in [1.165, 1.54) is 6.42 Å². The molecule has 0 aliphatic carbocycles. The van der Waals surface area contributed by atoms with Gasteiger partial charge in [0.25, 0.3) is 0 Å². The van der Waals surface area contributed by atoms with Gasteiger partial charge in [0.15, 0.2) is 0 Å². The number of nitrogens with one attached hydrogen (secondary N) is 1. The Balaban J connectivity index is 1.90. The van der Waals surface area contributed by atoms with E-state index in [9.17, 15) is 5.11 Å². The largest absolute Gasteiger partial charge is 0.383 e. The number of rotatable bonds is 1. The van der Waals surface area contributed by atoms with Gasteiger partial charge in [0, 0.05) is 18.3 Å². The highest BCUT2D eigenvalue weighted by Gasteiger charge is 2.42. The van der Waals surface area contributed by atoms with E-state index in [0.29, 0.717) is 12.1 Å². The van der Waals surface area contributed by atoms with Crippen molar-refractivity contribution in [3.05, 3.63) is 23.8 Å². The Labute approximate surface area is 101 Å². The molecule has 2 atom stereocenters. The minimum Gasteiger partial charge on any atom is -0.383 e. The molecule has 92 valence electrons. The lowest BCUT2D eigenvalue weighted by Gasteiger charge is -2.44. The number of hydrogen-bond acceptors (Lipinski definition) is 4. The van der Waals surface area contributed by atoms with Crippen LogP contribution in [0.2, 0.25) is 0 Å². The Morgan fingerprint density at radius 3 is 2.65 bits per heavy atom. The van der Waals surface area contributed by atoms with Crippen LogP contribution in [0.5, 0.6) is 0 Å². The predicted octanol–water partition coefficient (Wildman–Crippen LogP) is 1.28. The van der Waals surface area contributed by atoms with Crippen molar-refractivity contribution in [3.8, 4) is 0 Å². The minimum atomic E-state index is -0.778. The van der Waals surface area contributed by atoms with Crippen molar-refractivity contribution < 1.29 is 5.11 Å². The SMILES string of the molecule is Cc1cncc(C2(O)CC3CCCC(C2)N3)n1. The Morgan fingerprint density at radius 1 is 1.29 bits per heavy atom. The second-order valence-corrected chi connectivity index (χ2v) is 5.48. The normalized spacial score (nSPS) is 36.8. The Kier molecular flexibility index (Phi) is 2.64. The van der Waals surface area contributed by atoms with Gasteiger partial charge in [0.05, 0.1) is 17.6 Å². The summed E-state index contributed by atoms with van der Waals surface area (Å²) in [6.07, 6.45) is 8.58. The van der Waals surface area contributed by atoms with Gasteiger partial charge in [-0.2, -0.15) is 0 Å². The van der Waals surface area contributed by atoms with Gasteiger partial charge in [-0.1, -0.05) is 6.42 Å². The third kappa shape index (κ3) is 2.07. The predicted molar refractivity (Wildman–Crippen MR) is 64.5 cm³/mol. The van der Waals surface area contributed by atoms with E-state index >= 15 is 0 Å². The number of hydrogen-bond donors (Lipinski definition) is 2. The first kappa shape index (κ1) is 11.1. The Bertz CT molecular complexity index is 409. The lowest BCUT2D eigenvalue weighted by Crippen LogP contribution is -2.54. The van der Waals surface area contributed by atoms with Gasteiger partial charge in [0.1, 0.15) is 5.60 Å². The Hall–Kier alpha value is -1.00. The molecule has 2 fully saturated rings. The molecule has 1 aromatic heterocycles. The number of aromatic nitrogens is 2. The van der Waals surface area contributed by atoms with E-state index in [2.05, 4.69) is 15.3 Å². The summed E-state index contributed by atoms with van der Waals surface area (Å²) in [5, 5.41) is 14.4. The van der Waals surface area contributed by atoms with Gasteiger partial charge in [-0.15, -0.1) is 0 Å². The van der Waals surface area contributed by atoms with E-state index in [0.717, 1.165) is 37.1 Å². The molecular weight excluding hydrogens is 214 g/mol. The van der Waals surface area contributed by atoms with E-state index < -0.39 is 5.60 Å². The summed E-state index contributed by atoms with van der Waals surface area (Å²) in [5.41, 5.74) is 0.843. The molecule has 2 unspecified atom stereocenters. The van der Waals surface area contributed by atoms with Gasteiger partial charge in [-0.3, -0.25) is 9.97 Å². The molecule has 1 aromatic rings. The first-order valence-electron chi connectivity index (χ1n) is 6.43. The summed E-state index contributed by atoms with van der Waals surface area (Å²) in [6.45, 7) is 1.92. The van der Waals surface area contributed by atoms with Crippen LogP contribution < -0.4 is 5.32 Å². The lowest BCUT2D eigenvalue weighted by molar-refractivity contribution is -0.0396. The highest BCUT2D eigenvalue weighted by molar-refractivity contribution is 5.15. The highest BCUT2D eigenvalue weighted by atomic mass is 16.3. The number of nitrogens with zero attached hydrogens (tertiary/aromatic N) is 2. The molecule has 3 heterocycles. The average molecular weight is 233 g/mol. The summed E-state index contributed by atoms with van der Waals surface area (Å²) in [7, 11) is 0. The maximum Gasteiger partial charge on any atom is 0.111 e. The number of piperidine rings is 2. The molecule has 2 bridgehead atoms. The zero-order chi connectivity index (χ0) is 11.9. The van der Waals surface area contributed by atoms with Crippen LogP contribution >= 0.6 is 0 Å². The Morgan fingerprint density at radius 2 is 2.00 bits per heavy atom. The molecule has 2 N–H and O–H groups in total. The van der Waals surface area contributed by atoms with Crippen molar-refractivity contribution in [1.82, 2.24) is 15.3 Å². The lowest BCUT2D eigenvalue weighted by atomic mass is 9.76. The van der Waals surface area contributed by atoms with Crippen molar-refractivity contribution >= 4 is 0 Å². The van der Waals surface area contributed by atoms with Crippen LogP contribution in [-0.4, -0.2) is 27.2 Å². The van der Waals surface area contributed by atoms with Crippen LogP contribution in [0.25, 0.3) is 0 Å². The van der Waals surface area contributed by atoms with Crippen LogP contribution in [-0.2, 0) is 5.60 Å². The second kappa shape index (κ2) is 4.03. The topological polar surface area (TPSA) is 58.0 Å². The maximum absolute atomic E-state index is 10.8. The summed E-state index contributed by atoms with van der Waals surface area (Å²) >= 11 is 0. The van der Waals surface area contributed by atoms with E-state index in [-0.39, 0.29) is 0 Å². The molecule has 2 aliphatic rings. The maximum atomic E-state index is 10.8. The average Bonchev–Trinajstić information content (AvgIpc) is 2.28. The smallest absolute Gasteiger partial charge is 0.111 e. The molecule has 0 aromatic carbocycles. The van der Waals surface area contributed by atoms with E-state index in [1.807, 2.05) is 6.92 Å². The van der Waals surface area contributed by atoms with Gasteiger partial charge >= 0.3 is 0 Å². The van der Waals surface area contributed by atoms with Gasteiger partial charge in [-0.05, 0) is 32.6 Å². The van der Waals surface area contributed by atoms with Crippen molar-refractivity contribution in [1.29, 1.82) is 0 Å². The standard InChI is InChI=1S/C13H19N3O/c1-9-7-14-8-12(15-9)13(17)5-10-3-2-4-11(6-13)16-10/h7-8,10-11,16-17H,2-6H2,1H3. The fraction of sp³-hybridized carbons (Fsp3) is 0.692. The highest BCUT2D eigenvalue weighted by Crippen LogP contribution is 2.38. The first-order chi connectivity index (χ1) is 8.16. The fourth-order valence-electron chi connectivity index (χ4n) is 3.23. The number of aryl methyl sites for hydroxylation is 1. The third-order valence-electron chi connectivity index (χ3n) is 3.98. The molecule has 4 heteroatoms. The molecule has 2 saturated heterocycles. The van der Waals surface area contributed by atoms with Crippen LogP contribution in [0, 0.1) is 6.92 Å². The molecule has 0 spiro atoms. The van der Waals surface area contributed by atoms with Crippen molar-refractivity contribution in [2.75, 3.05) is 0 Å². The van der Waals surface area contributed by atoms with E-state index in [4.69, 9.17) is 0 Å². The molecule has 2 aliphatic heterocycles. The monoisotopic (exact) mass is 233 g/mol. The molecule has 0 amide bonds. The van der Waals surface area contributed by atoms with Crippen LogP contribution in [0.3, 0.4) is 0 Å². The van der Waals surface area contributed by atoms with Crippen LogP contribution in [0.4, 0.5) is 0 Å². The summed E-state index contributed by atoms with van der Waals surface area (Å²) < 4.78 is 0. The van der Waals surface area contributed by atoms with Gasteiger partial charge in [0.2, 0.25) is 0 Å². The molecule has 4 nitrogen and oxygen atoms in total. The van der Waals surface area contributed by atoms with Crippen LogP contribution in [0.1, 0.15) is 43.5 Å². The van der Waals surface area contributed by atoms with Crippen molar-refractivity contribution in [3.63, 3.8) is 0 Å². The van der Waals surface area contributed by atoms with E-state index in [1.54, 1.807) is 12.4 Å². The summed E-state index contributed by atoms with van der Waals surface area (Å²) in [4.78, 5) is 8.61. The molecular formula is C13H19N3O. The third-order valence-corrected chi connectivity index (χ3v) is 3.98. The fourth-order valence-corrected chi connectivity index (χ4v) is 3.23. The van der Waals surface area contributed by atoms with Crippen molar-refractivity contribution in [2.45, 2.75) is 56.7 Å². The number of aliphatic hydroxyl groups is 1. The van der Waals surface area contributed by atoms with Crippen LogP contribution in [0.15, 0.2) is 12.4 Å². The summed E-state index contributed by atoms with van der Waals surface area (Å²) in [5.74, 6) is 0. The molecule has 17 heavy (non-hydrogen) atoms. The molecule has 3 rings (SSSR count). The molecule has 0 radical (unpaired) electrons. The summed E-state index contributed by atoms with van der Waals surface area (Å²) in [6, 6.07) is 0.879. The van der Waals surface area contributed by atoms with Gasteiger partial charge in [-0.25, -0.2) is 0 Å². The zero-order valence-corrected chi connectivity index (χ0v) is 10.2. The minimum absolute atomic E-state index is 0.440. The van der Waals surface area contributed by atoms with Crippen molar-refractivity contribution in [2.24, 2.45) is 0 Å². The number of fused-ring (bicyclic) bond motifs is 2. The zero-order valence-electron chi connectivity index (χ0n) is 10.2. The quantitative estimate of drug-likeness (QED) is 0.767. The van der Waals surface area contributed by atoms with Gasteiger partial charge < -0.3 is 10.4 Å². The second-order valence-electron chi connectivity index (χ2n) is 5.48. The molecule has 0 saturated carbocycles.